The van der Waals surface area contributed by atoms with Crippen LogP contribution in [0, 0.1) is 17.8 Å². The van der Waals surface area contributed by atoms with Gasteiger partial charge in [0.15, 0.2) is 0 Å². The Morgan fingerprint density at radius 1 is 1.38 bits per heavy atom. The highest BCUT2D eigenvalue weighted by Crippen LogP contribution is 2.40. The molecule has 1 saturated carbocycles. The maximum atomic E-state index is 11.5. The van der Waals surface area contributed by atoms with E-state index in [9.17, 15) is 4.57 Å². The molecule has 1 aliphatic carbocycles. The number of hydrogen-bond donors (Lipinski definition) is 0. The second-order valence-electron chi connectivity index (χ2n) is 5.11. The van der Waals surface area contributed by atoms with Crippen LogP contribution in [0.15, 0.2) is 0 Å². The molecule has 1 aliphatic rings. The third-order valence-electron chi connectivity index (χ3n) is 3.42. The highest BCUT2D eigenvalue weighted by Gasteiger charge is 2.38. The molecule has 4 atom stereocenters. The maximum absolute atomic E-state index is 11.5. The Hall–Kier alpha value is 0.0200. The zero-order valence-corrected chi connectivity index (χ0v) is 11.7. The van der Waals surface area contributed by atoms with Gasteiger partial charge in [0.05, 0.1) is 0 Å². The third-order valence-corrected chi connectivity index (χ3v) is 4.33. The molecule has 0 bridgehead atoms. The summed E-state index contributed by atoms with van der Waals surface area (Å²) in [5, 5.41) is 0. The molecule has 0 saturated heterocycles. The first kappa shape index (κ1) is 14.1. The number of rotatable bonds is 5. The van der Waals surface area contributed by atoms with Crippen LogP contribution >= 0.6 is 8.25 Å². The van der Waals surface area contributed by atoms with Crippen LogP contribution in [-0.2, 0) is 13.6 Å². The van der Waals surface area contributed by atoms with Gasteiger partial charge in [0, 0.05) is 4.57 Å². The summed E-state index contributed by atoms with van der Waals surface area (Å²) in [6.45, 7) is 8.94. The molecule has 0 radical (unpaired) electrons. The molecule has 0 spiro atoms. The van der Waals surface area contributed by atoms with Crippen LogP contribution in [-0.4, -0.2) is 12.7 Å². The van der Waals surface area contributed by atoms with Crippen molar-refractivity contribution < 1.29 is 13.6 Å². The Morgan fingerprint density at radius 2 is 2.06 bits per heavy atom. The molecular weight excluding hydrogens is 223 g/mol. The lowest BCUT2D eigenvalue weighted by Gasteiger charge is -2.33. The van der Waals surface area contributed by atoms with E-state index in [2.05, 4.69) is 20.8 Å². The fourth-order valence-corrected chi connectivity index (χ4v) is 3.22. The van der Waals surface area contributed by atoms with Crippen molar-refractivity contribution in [2.75, 3.05) is 6.61 Å². The normalized spacial score (nSPS) is 31.8. The fraction of sp³-hybridized carbons (Fsp3) is 1.00. The van der Waals surface area contributed by atoms with Crippen molar-refractivity contribution in [2.45, 2.75) is 53.1 Å². The molecular formula is C12H24O3P+. The van der Waals surface area contributed by atoms with Crippen LogP contribution in [0.3, 0.4) is 0 Å². The van der Waals surface area contributed by atoms with Gasteiger partial charge in [-0.3, -0.25) is 0 Å². The Morgan fingerprint density at radius 3 is 2.62 bits per heavy atom. The van der Waals surface area contributed by atoms with E-state index < -0.39 is 8.25 Å². The summed E-state index contributed by atoms with van der Waals surface area (Å²) in [6.07, 6.45) is 3.56. The average Bonchev–Trinajstić information content (AvgIpc) is 2.17. The van der Waals surface area contributed by atoms with Crippen molar-refractivity contribution in [3.8, 4) is 0 Å². The molecule has 0 aromatic carbocycles. The minimum Gasteiger partial charge on any atom is -0.119 e. The highest BCUT2D eigenvalue weighted by atomic mass is 31.1. The van der Waals surface area contributed by atoms with Gasteiger partial charge in [-0.05, 0) is 37.5 Å². The Kier molecular flexibility index (Phi) is 5.88. The van der Waals surface area contributed by atoms with Gasteiger partial charge in [0.2, 0.25) is 0 Å². The second-order valence-corrected chi connectivity index (χ2v) is 6.03. The first-order valence-corrected chi connectivity index (χ1v) is 7.41. The van der Waals surface area contributed by atoms with Gasteiger partial charge in [-0.1, -0.05) is 27.2 Å². The molecule has 0 aliphatic heterocycles. The lowest BCUT2D eigenvalue weighted by molar-refractivity contribution is 0.0391. The van der Waals surface area contributed by atoms with Crippen molar-refractivity contribution >= 4 is 8.25 Å². The van der Waals surface area contributed by atoms with Crippen LogP contribution in [0.25, 0.3) is 0 Å². The predicted molar refractivity (Wildman–Crippen MR) is 65.4 cm³/mol. The lowest BCUT2D eigenvalue weighted by Crippen LogP contribution is -2.32. The van der Waals surface area contributed by atoms with E-state index in [0.717, 1.165) is 6.42 Å². The van der Waals surface area contributed by atoms with Crippen molar-refractivity contribution in [2.24, 2.45) is 17.8 Å². The molecule has 1 unspecified atom stereocenters. The Bertz CT molecular complexity index is 230. The molecule has 1 rings (SSSR count). The van der Waals surface area contributed by atoms with Crippen molar-refractivity contribution in [1.82, 2.24) is 0 Å². The monoisotopic (exact) mass is 247 g/mol. The minimum atomic E-state index is -1.92. The van der Waals surface area contributed by atoms with Gasteiger partial charge in [-0.25, -0.2) is 0 Å². The first-order valence-electron chi connectivity index (χ1n) is 6.31. The molecule has 16 heavy (non-hydrogen) atoms. The summed E-state index contributed by atoms with van der Waals surface area (Å²) < 4.78 is 22.0. The summed E-state index contributed by atoms with van der Waals surface area (Å²) in [7, 11) is -1.92. The van der Waals surface area contributed by atoms with Crippen LogP contribution in [0.4, 0.5) is 0 Å². The van der Waals surface area contributed by atoms with Crippen molar-refractivity contribution in [3.63, 3.8) is 0 Å². The van der Waals surface area contributed by atoms with Gasteiger partial charge >= 0.3 is 8.25 Å². The van der Waals surface area contributed by atoms with E-state index in [1.54, 1.807) is 0 Å². The molecule has 3 nitrogen and oxygen atoms in total. The van der Waals surface area contributed by atoms with E-state index in [1.165, 1.54) is 12.8 Å². The Labute approximate surface area is 99.9 Å². The molecule has 0 heterocycles. The lowest BCUT2D eigenvalue weighted by atomic mass is 9.75. The average molecular weight is 247 g/mol. The molecule has 0 aromatic rings. The largest absolute Gasteiger partial charge is 0.697 e. The predicted octanol–water partition coefficient (Wildman–Crippen LogP) is 4.16. The van der Waals surface area contributed by atoms with E-state index in [1.807, 2.05) is 6.92 Å². The molecule has 1 fully saturated rings. The smallest absolute Gasteiger partial charge is 0.119 e. The van der Waals surface area contributed by atoms with E-state index >= 15 is 0 Å². The zero-order valence-electron chi connectivity index (χ0n) is 10.8. The van der Waals surface area contributed by atoms with Crippen LogP contribution in [0.2, 0.25) is 0 Å². The first-order chi connectivity index (χ1) is 7.54. The summed E-state index contributed by atoms with van der Waals surface area (Å²) in [6, 6.07) is 0. The minimum absolute atomic E-state index is 0.110. The van der Waals surface area contributed by atoms with E-state index in [-0.39, 0.29) is 6.10 Å². The summed E-state index contributed by atoms with van der Waals surface area (Å²) >= 11 is 0. The van der Waals surface area contributed by atoms with Gasteiger partial charge in [-0.15, -0.1) is 9.05 Å². The standard InChI is InChI=1S/C12H24O3P/c1-5-14-16(13)15-12-8-10(4)6-7-11(12)9(2)3/h9-12H,5-8H2,1-4H3/q+1/t10-,11+,12-/m1/s1. The van der Waals surface area contributed by atoms with E-state index in [0.29, 0.717) is 24.4 Å². The summed E-state index contributed by atoms with van der Waals surface area (Å²) in [4.78, 5) is 0. The molecule has 0 N–H and O–H groups in total. The maximum Gasteiger partial charge on any atom is 0.697 e. The fourth-order valence-electron chi connectivity index (χ4n) is 2.48. The van der Waals surface area contributed by atoms with Crippen LogP contribution < -0.4 is 0 Å². The molecule has 0 amide bonds. The van der Waals surface area contributed by atoms with Crippen molar-refractivity contribution in [1.29, 1.82) is 0 Å². The van der Waals surface area contributed by atoms with Gasteiger partial charge in [0.25, 0.3) is 0 Å². The van der Waals surface area contributed by atoms with Gasteiger partial charge in [0.1, 0.15) is 12.7 Å². The van der Waals surface area contributed by atoms with Gasteiger partial charge in [-0.2, -0.15) is 0 Å². The summed E-state index contributed by atoms with van der Waals surface area (Å²) in [5.74, 6) is 1.78. The SMILES string of the molecule is CCO[P+](=O)O[C@@H]1C[C@H](C)CC[C@H]1C(C)C. The molecule has 94 valence electrons. The molecule has 0 aromatic heterocycles. The van der Waals surface area contributed by atoms with Crippen molar-refractivity contribution in [3.05, 3.63) is 0 Å². The number of hydrogen-bond acceptors (Lipinski definition) is 3. The van der Waals surface area contributed by atoms with Crippen LogP contribution in [0.5, 0.6) is 0 Å². The quantitative estimate of drug-likeness (QED) is 0.684. The second kappa shape index (κ2) is 6.68. The topological polar surface area (TPSA) is 35.5 Å². The van der Waals surface area contributed by atoms with Gasteiger partial charge < -0.3 is 0 Å². The van der Waals surface area contributed by atoms with E-state index in [4.69, 9.17) is 9.05 Å². The van der Waals surface area contributed by atoms with Crippen LogP contribution in [0.1, 0.15) is 47.0 Å². The zero-order chi connectivity index (χ0) is 12.1. The Balaban J connectivity index is 2.54. The third kappa shape index (κ3) is 4.12. The molecule has 4 heteroatoms. The highest BCUT2D eigenvalue weighted by molar-refractivity contribution is 7.33. The summed E-state index contributed by atoms with van der Waals surface area (Å²) in [5.41, 5.74) is 0.